The van der Waals surface area contributed by atoms with Crippen LogP contribution in [-0.4, -0.2) is 10.9 Å². The van der Waals surface area contributed by atoms with Crippen molar-refractivity contribution in [1.82, 2.24) is 4.98 Å². The summed E-state index contributed by atoms with van der Waals surface area (Å²) in [5.74, 6) is 0.511. The largest absolute Gasteiger partial charge is 0.451 e. The average Bonchev–Trinajstić information content (AvgIpc) is 3.23. The van der Waals surface area contributed by atoms with E-state index in [9.17, 15) is 4.79 Å². The fourth-order valence-corrected chi connectivity index (χ4v) is 3.86. The zero-order valence-corrected chi connectivity index (χ0v) is 15.7. The average molecular weight is 383 g/mol. The van der Waals surface area contributed by atoms with E-state index in [-0.39, 0.29) is 11.7 Å². The summed E-state index contributed by atoms with van der Waals surface area (Å²) in [6.07, 6.45) is 0. The summed E-state index contributed by atoms with van der Waals surface area (Å²) in [6, 6.07) is 15.0. The molecule has 4 nitrogen and oxygen atoms in total. The zero-order valence-electron chi connectivity index (χ0n) is 14.2. The van der Waals surface area contributed by atoms with E-state index in [4.69, 9.17) is 16.0 Å². The second-order valence-corrected chi connectivity index (χ2v) is 7.46. The van der Waals surface area contributed by atoms with Gasteiger partial charge in [-0.15, -0.1) is 0 Å². The van der Waals surface area contributed by atoms with Gasteiger partial charge in [0.05, 0.1) is 10.2 Å². The predicted molar refractivity (Wildman–Crippen MR) is 106 cm³/mol. The van der Waals surface area contributed by atoms with Gasteiger partial charge in [0, 0.05) is 10.6 Å². The molecule has 0 saturated carbocycles. The summed E-state index contributed by atoms with van der Waals surface area (Å²) in [6.45, 7) is 3.95. The molecule has 0 spiro atoms. The highest BCUT2D eigenvalue weighted by Gasteiger charge is 2.16. The van der Waals surface area contributed by atoms with Crippen LogP contribution in [0.2, 0.25) is 5.02 Å². The normalized spacial score (nSPS) is 11.0. The first-order chi connectivity index (χ1) is 12.5. The molecular weight excluding hydrogens is 368 g/mol. The van der Waals surface area contributed by atoms with Crippen molar-refractivity contribution in [2.75, 3.05) is 5.32 Å². The first-order valence-electron chi connectivity index (χ1n) is 8.05. The maximum atomic E-state index is 12.5. The number of aromatic nitrogens is 1. The fraction of sp³-hybridized carbons (Fsp3) is 0.100. The minimum Gasteiger partial charge on any atom is -0.451 e. The molecule has 0 saturated heterocycles. The lowest BCUT2D eigenvalue weighted by Crippen LogP contribution is -2.10. The highest BCUT2D eigenvalue weighted by atomic mass is 35.5. The predicted octanol–water partition coefficient (Wildman–Crippen LogP) is 6.08. The maximum absolute atomic E-state index is 12.5. The number of aryl methyl sites for hydroxylation is 1. The van der Waals surface area contributed by atoms with Gasteiger partial charge in [0.25, 0.3) is 5.91 Å². The maximum Gasteiger partial charge on any atom is 0.293 e. The molecule has 4 aromatic rings. The molecule has 0 fully saturated rings. The molecule has 0 unspecified atom stereocenters. The third-order valence-electron chi connectivity index (χ3n) is 4.13. The SMILES string of the molecule is Cc1ccc2nc(NC(=O)c3ccc(-c4cccc(Cl)c4C)o3)sc2c1. The second kappa shape index (κ2) is 6.59. The van der Waals surface area contributed by atoms with Crippen LogP contribution in [-0.2, 0) is 0 Å². The van der Waals surface area contributed by atoms with Gasteiger partial charge < -0.3 is 4.42 Å². The van der Waals surface area contributed by atoms with Gasteiger partial charge in [0.15, 0.2) is 10.9 Å². The summed E-state index contributed by atoms with van der Waals surface area (Å²) in [7, 11) is 0. The molecule has 0 atom stereocenters. The van der Waals surface area contributed by atoms with Crippen LogP contribution in [0.1, 0.15) is 21.7 Å². The minimum atomic E-state index is -0.327. The number of nitrogens with zero attached hydrogens (tertiary/aromatic N) is 1. The Bertz CT molecular complexity index is 1130. The lowest BCUT2D eigenvalue weighted by molar-refractivity contribution is 0.0997. The summed E-state index contributed by atoms with van der Waals surface area (Å²) >= 11 is 7.60. The van der Waals surface area contributed by atoms with Gasteiger partial charge in [-0.05, 0) is 55.3 Å². The van der Waals surface area contributed by atoms with Crippen molar-refractivity contribution in [3.05, 3.63) is 70.4 Å². The molecule has 0 radical (unpaired) electrons. The second-order valence-electron chi connectivity index (χ2n) is 6.02. The van der Waals surface area contributed by atoms with Gasteiger partial charge in [0.1, 0.15) is 5.76 Å². The number of thiazole rings is 1. The van der Waals surface area contributed by atoms with E-state index in [0.717, 1.165) is 26.9 Å². The molecule has 0 bridgehead atoms. The number of anilines is 1. The van der Waals surface area contributed by atoms with Crippen molar-refractivity contribution in [2.24, 2.45) is 0 Å². The molecular formula is C20H15ClN2O2S. The molecule has 1 amide bonds. The first-order valence-corrected chi connectivity index (χ1v) is 9.24. The molecule has 4 rings (SSSR count). The van der Waals surface area contributed by atoms with Crippen LogP contribution in [0.3, 0.4) is 0 Å². The Morgan fingerprint density at radius 3 is 2.85 bits per heavy atom. The topological polar surface area (TPSA) is 55.1 Å². The summed E-state index contributed by atoms with van der Waals surface area (Å²) < 4.78 is 6.78. The van der Waals surface area contributed by atoms with E-state index in [1.54, 1.807) is 12.1 Å². The van der Waals surface area contributed by atoms with Crippen LogP contribution >= 0.6 is 22.9 Å². The molecule has 1 N–H and O–H groups in total. The number of amides is 1. The van der Waals surface area contributed by atoms with Gasteiger partial charge in [-0.2, -0.15) is 0 Å². The van der Waals surface area contributed by atoms with E-state index in [2.05, 4.69) is 16.4 Å². The number of nitrogens with one attached hydrogen (secondary N) is 1. The van der Waals surface area contributed by atoms with Gasteiger partial charge in [-0.25, -0.2) is 4.98 Å². The van der Waals surface area contributed by atoms with Gasteiger partial charge >= 0.3 is 0 Å². The third kappa shape index (κ3) is 3.11. The highest BCUT2D eigenvalue weighted by molar-refractivity contribution is 7.22. The fourth-order valence-electron chi connectivity index (χ4n) is 2.72. The van der Waals surface area contributed by atoms with Gasteiger partial charge in [0.2, 0.25) is 0 Å². The molecule has 0 aliphatic rings. The quantitative estimate of drug-likeness (QED) is 0.467. The van der Waals surface area contributed by atoms with Crippen LogP contribution in [0.4, 0.5) is 5.13 Å². The Labute approximate surface area is 159 Å². The number of halogens is 1. The Hall–Kier alpha value is -2.63. The number of benzene rings is 2. The first kappa shape index (κ1) is 16.8. The molecule has 130 valence electrons. The van der Waals surface area contributed by atoms with Crippen LogP contribution < -0.4 is 5.32 Å². The lowest BCUT2D eigenvalue weighted by Gasteiger charge is -2.04. The van der Waals surface area contributed by atoms with Crippen molar-refractivity contribution in [2.45, 2.75) is 13.8 Å². The summed E-state index contributed by atoms with van der Waals surface area (Å²) in [5.41, 5.74) is 3.81. The number of carbonyl (C=O) groups is 1. The van der Waals surface area contributed by atoms with Crippen LogP contribution in [0.15, 0.2) is 52.9 Å². The monoisotopic (exact) mass is 382 g/mol. The molecule has 2 aromatic carbocycles. The number of hydrogen-bond donors (Lipinski definition) is 1. The number of rotatable bonds is 3. The molecule has 2 aromatic heterocycles. The highest BCUT2D eigenvalue weighted by Crippen LogP contribution is 2.31. The summed E-state index contributed by atoms with van der Waals surface area (Å²) in [4.78, 5) is 16.9. The van der Waals surface area contributed by atoms with Crippen LogP contribution in [0, 0.1) is 13.8 Å². The Balaban J connectivity index is 1.58. The zero-order chi connectivity index (χ0) is 18.3. The Morgan fingerprint density at radius 2 is 2.00 bits per heavy atom. The Kier molecular flexibility index (Phi) is 4.26. The summed E-state index contributed by atoms with van der Waals surface area (Å²) in [5, 5.41) is 4.02. The van der Waals surface area contributed by atoms with Gasteiger partial charge in [-0.3, -0.25) is 10.1 Å². The van der Waals surface area contributed by atoms with Crippen molar-refractivity contribution >= 4 is 44.2 Å². The number of hydrogen-bond acceptors (Lipinski definition) is 4. The smallest absolute Gasteiger partial charge is 0.293 e. The Morgan fingerprint density at radius 1 is 1.15 bits per heavy atom. The molecule has 2 heterocycles. The molecule has 0 aliphatic heterocycles. The van der Waals surface area contributed by atoms with Gasteiger partial charge in [-0.1, -0.05) is 41.1 Å². The van der Waals surface area contributed by atoms with Crippen molar-refractivity contribution in [3.8, 4) is 11.3 Å². The number of furan rings is 1. The van der Waals surface area contributed by atoms with E-state index < -0.39 is 0 Å². The number of carbonyl (C=O) groups excluding carboxylic acids is 1. The van der Waals surface area contributed by atoms with Crippen molar-refractivity contribution < 1.29 is 9.21 Å². The van der Waals surface area contributed by atoms with E-state index >= 15 is 0 Å². The lowest BCUT2D eigenvalue weighted by atomic mass is 10.1. The van der Waals surface area contributed by atoms with E-state index in [1.807, 2.05) is 44.2 Å². The van der Waals surface area contributed by atoms with Crippen LogP contribution in [0.25, 0.3) is 21.5 Å². The van der Waals surface area contributed by atoms with E-state index in [1.165, 1.54) is 11.3 Å². The third-order valence-corrected chi connectivity index (χ3v) is 5.47. The molecule has 0 aliphatic carbocycles. The number of fused-ring (bicyclic) bond motifs is 1. The van der Waals surface area contributed by atoms with Crippen molar-refractivity contribution in [3.63, 3.8) is 0 Å². The standard InChI is InChI=1S/C20H15ClN2O2S/c1-11-6-7-15-18(10-11)26-20(22-15)23-19(24)17-9-8-16(25-17)13-4-3-5-14(21)12(13)2/h3-10H,1-2H3,(H,22,23,24). The van der Waals surface area contributed by atoms with Crippen molar-refractivity contribution in [1.29, 1.82) is 0 Å². The van der Waals surface area contributed by atoms with E-state index in [0.29, 0.717) is 15.9 Å². The van der Waals surface area contributed by atoms with Crippen LogP contribution in [0.5, 0.6) is 0 Å². The molecule has 6 heteroatoms. The minimum absolute atomic E-state index is 0.231. The molecule has 26 heavy (non-hydrogen) atoms.